The molecule has 0 bridgehead atoms. The number of carbonyl (C=O) groups is 1. The Morgan fingerprint density at radius 2 is 2.22 bits per heavy atom. The molecule has 0 spiro atoms. The third-order valence-corrected chi connectivity index (χ3v) is 3.78. The summed E-state index contributed by atoms with van der Waals surface area (Å²) < 4.78 is 4.86. The van der Waals surface area contributed by atoms with E-state index < -0.39 is 6.10 Å². The van der Waals surface area contributed by atoms with Gasteiger partial charge >= 0.3 is 0 Å². The van der Waals surface area contributed by atoms with E-state index in [1.54, 1.807) is 11.9 Å². The molecule has 4 unspecified atom stereocenters. The average Bonchev–Trinajstić information content (AvgIpc) is 2.28. The van der Waals surface area contributed by atoms with Crippen molar-refractivity contribution >= 4 is 5.91 Å². The normalized spacial score (nSPS) is 29.9. The number of aliphatic hydroxyl groups excluding tert-OH is 1. The van der Waals surface area contributed by atoms with E-state index in [0.717, 1.165) is 19.3 Å². The first kappa shape index (κ1) is 15.4. The van der Waals surface area contributed by atoms with Crippen molar-refractivity contribution in [3.05, 3.63) is 0 Å². The largest absolute Gasteiger partial charge is 0.389 e. The minimum absolute atomic E-state index is 0.0462. The summed E-state index contributed by atoms with van der Waals surface area (Å²) >= 11 is 0. The van der Waals surface area contributed by atoms with Gasteiger partial charge in [-0.3, -0.25) is 4.79 Å². The van der Waals surface area contributed by atoms with E-state index in [1.807, 2.05) is 0 Å². The summed E-state index contributed by atoms with van der Waals surface area (Å²) in [6.07, 6.45) is 2.43. The second kappa shape index (κ2) is 7.07. The van der Waals surface area contributed by atoms with Gasteiger partial charge < -0.3 is 20.5 Å². The molecule has 1 rings (SSSR count). The van der Waals surface area contributed by atoms with Crippen molar-refractivity contribution in [2.24, 2.45) is 17.6 Å². The number of ether oxygens (including phenoxy) is 1. The molecule has 3 N–H and O–H groups in total. The van der Waals surface area contributed by atoms with Crippen LogP contribution in [0.2, 0.25) is 0 Å². The SMILES string of the molecule is COCC(O)CN(C)C(=O)C1C(C)CCCC1N. The first-order valence-corrected chi connectivity index (χ1v) is 6.65. The van der Waals surface area contributed by atoms with Gasteiger partial charge in [0.25, 0.3) is 0 Å². The van der Waals surface area contributed by atoms with Gasteiger partial charge in [0.1, 0.15) is 0 Å². The van der Waals surface area contributed by atoms with E-state index >= 15 is 0 Å². The van der Waals surface area contributed by atoms with Gasteiger partial charge in [0.15, 0.2) is 0 Å². The highest BCUT2D eigenvalue weighted by Gasteiger charge is 2.35. The third-order valence-electron chi connectivity index (χ3n) is 3.78. The molecule has 1 fully saturated rings. The number of hydrogen-bond donors (Lipinski definition) is 2. The summed E-state index contributed by atoms with van der Waals surface area (Å²) in [6, 6.07) is -0.0525. The van der Waals surface area contributed by atoms with Crippen LogP contribution in [0.25, 0.3) is 0 Å². The molecule has 0 aromatic heterocycles. The van der Waals surface area contributed by atoms with Crippen molar-refractivity contribution in [2.45, 2.75) is 38.3 Å². The molecule has 5 heteroatoms. The molecule has 1 amide bonds. The molecular weight excluding hydrogens is 232 g/mol. The molecule has 106 valence electrons. The Morgan fingerprint density at radius 1 is 1.56 bits per heavy atom. The van der Waals surface area contributed by atoms with E-state index in [4.69, 9.17) is 10.5 Å². The number of carbonyl (C=O) groups excluding carboxylic acids is 1. The summed E-state index contributed by atoms with van der Waals surface area (Å²) in [5, 5.41) is 9.65. The zero-order chi connectivity index (χ0) is 13.7. The number of nitrogens with zero attached hydrogens (tertiary/aromatic N) is 1. The predicted molar refractivity (Wildman–Crippen MR) is 70.0 cm³/mol. The molecule has 0 saturated heterocycles. The van der Waals surface area contributed by atoms with Gasteiger partial charge in [0.2, 0.25) is 5.91 Å². The Morgan fingerprint density at radius 3 is 2.78 bits per heavy atom. The molecule has 0 aliphatic heterocycles. The van der Waals surface area contributed by atoms with Gasteiger partial charge in [-0.15, -0.1) is 0 Å². The second-order valence-corrected chi connectivity index (χ2v) is 5.43. The predicted octanol–water partition coefficient (Wildman–Crippen LogP) is 0.216. The number of rotatable bonds is 5. The maximum absolute atomic E-state index is 12.4. The molecule has 18 heavy (non-hydrogen) atoms. The highest BCUT2D eigenvalue weighted by molar-refractivity contribution is 5.79. The van der Waals surface area contributed by atoms with E-state index in [9.17, 15) is 9.90 Å². The zero-order valence-electron chi connectivity index (χ0n) is 11.6. The molecule has 0 aromatic rings. The Balaban J connectivity index is 2.56. The van der Waals surface area contributed by atoms with Crippen molar-refractivity contribution < 1.29 is 14.6 Å². The number of likely N-dealkylation sites (N-methyl/N-ethyl adjacent to an activating group) is 1. The Kier molecular flexibility index (Phi) is 6.05. The minimum atomic E-state index is -0.640. The highest BCUT2D eigenvalue weighted by Crippen LogP contribution is 2.30. The molecule has 4 atom stereocenters. The van der Waals surface area contributed by atoms with Crippen LogP contribution in [0.15, 0.2) is 0 Å². The van der Waals surface area contributed by atoms with E-state index in [1.165, 1.54) is 7.11 Å². The maximum atomic E-state index is 12.4. The summed E-state index contributed by atoms with van der Waals surface area (Å²) in [5.41, 5.74) is 6.06. The minimum Gasteiger partial charge on any atom is -0.389 e. The topological polar surface area (TPSA) is 75.8 Å². The Hall–Kier alpha value is -0.650. The van der Waals surface area contributed by atoms with Crippen LogP contribution in [0, 0.1) is 11.8 Å². The molecule has 0 heterocycles. The van der Waals surface area contributed by atoms with Gasteiger partial charge in [-0.2, -0.15) is 0 Å². The lowest BCUT2D eigenvalue weighted by molar-refractivity contribution is -0.139. The molecule has 1 saturated carbocycles. The average molecular weight is 258 g/mol. The van der Waals surface area contributed by atoms with Crippen LogP contribution in [0.3, 0.4) is 0 Å². The van der Waals surface area contributed by atoms with Gasteiger partial charge in [-0.05, 0) is 18.8 Å². The molecule has 0 radical (unpaired) electrons. The fourth-order valence-electron chi connectivity index (χ4n) is 2.79. The standard InChI is InChI=1S/C13H26N2O3/c1-9-5-4-6-11(14)12(9)13(17)15(2)7-10(16)8-18-3/h9-12,16H,4-8,14H2,1-3H3. The number of amides is 1. The van der Waals surface area contributed by atoms with Crippen molar-refractivity contribution in [1.29, 1.82) is 0 Å². The van der Waals surface area contributed by atoms with E-state index in [0.29, 0.717) is 12.5 Å². The van der Waals surface area contributed by atoms with Crippen LogP contribution in [0.4, 0.5) is 0 Å². The number of aliphatic hydroxyl groups is 1. The van der Waals surface area contributed by atoms with Crippen LogP contribution in [-0.2, 0) is 9.53 Å². The number of hydrogen-bond acceptors (Lipinski definition) is 4. The Labute approximate surface area is 109 Å². The van der Waals surface area contributed by atoms with Gasteiger partial charge in [0.05, 0.1) is 18.6 Å². The lowest BCUT2D eigenvalue weighted by Crippen LogP contribution is -2.49. The number of methoxy groups -OCH3 is 1. The van der Waals surface area contributed by atoms with Crippen LogP contribution in [0.5, 0.6) is 0 Å². The first-order valence-electron chi connectivity index (χ1n) is 6.65. The van der Waals surface area contributed by atoms with Gasteiger partial charge in [-0.1, -0.05) is 13.3 Å². The van der Waals surface area contributed by atoms with Crippen molar-refractivity contribution in [2.75, 3.05) is 27.3 Å². The summed E-state index contributed by atoms with van der Waals surface area (Å²) in [5.74, 6) is 0.256. The second-order valence-electron chi connectivity index (χ2n) is 5.43. The maximum Gasteiger partial charge on any atom is 0.227 e. The lowest BCUT2D eigenvalue weighted by atomic mass is 9.76. The van der Waals surface area contributed by atoms with Gasteiger partial charge in [0, 0.05) is 26.7 Å². The highest BCUT2D eigenvalue weighted by atomic mass is 16.5. The zero-order valence-corrected chi connectivity index (χ0v) is 11.6. The molecule has 1 aliphatic carbocycles. The van der Waals surface area contributed by atoms with E-state index in [2.05, 4.69) is 6.92 Å². The first-order chi connectivity index (χ1) is 8.47. The summed E-state index contributed by atoms with van der Waals surface area (Å²) in [4.78, 5) is 13.9. The molecule has 1 aliphatic rings. The monoisotopic (exact) mass is 258 g/mol. The molecule has 5 nitrogen and oxygen atoms in total. The summed E-state index contributed by atoms with van der Waals surface area (Å²) in [7, 11) is 3.25. The number of nitrogens with two attached hydrogens (primary N) is 1. The quantitative estimate of drug-likeness (QED) is 0.739. The fourth-order valence-corrected chi connectivity index (χ4v) is 2.79. The van der Waals surface area contributed by atoms with Crippen LogP contribution < -0.4 is 5.73 Å². The summed E-state index contributed by atoms with van der Waals surface area (Å²) in [6.45, 7) is 2.62. The molecule has 0 aromatic carbocycles. The Bertz CT molecular complexity index is 263. The fraction of sp³-hybridized carbons (Fsp3) is 0.923. The smallest absolute Gasteiger partial charge is 0.227 e. The van der Waals surface area contributed by atoms with Crippen LogP contribution in [0.1, 0.15) is 26.2 Å². The van der Waals surface area contributed by atoms with Crippen LogP contribution in [-0.4, -0.2) is 55.4 Å². The van der Waals surface area contributed by atoms with Crippen molar-refractivity contribution in [3.63, 3.8) is 0 Å². The third kappa shape index (κ3) is 3.93. The van der Waals surface area contributed by atoms with Crippen molar-refractivity contribution in [1.82, 2.24) is 4.90 Å². The molecular formula is C13H26N2O3. The van der Waals surface area contributed by atoms with Crippen LogP contribution >= 0.6 is 0 Å². The van der Waals surface area contributed by atoms with Gasteiger partial charge in [-0.25, -0.2) is 0 Å². The lowest BCUT2D eigenvalue weighted by Gasteiger charge is -2.36. The van der Waals surface area contributed by atoms with E-state index in [-0.39, 0.29) is 24.5 Å². The van der Waals surface area contributed by atoms with Crippen molar-refractivity contribution in [3.8, 4) is 0 Å².